The van der Waals surface area contributed by atoms with Crippen molar-refractivity contribution in [3.8, 4) is 0 Å². The van der Waals surface area contributed by atoms with Gasteiger partial charge in [0.15, 0.2) is 11.6 Å². The fourth-order valence-electron chi connectivity index (χ4n) is 2.46. The molecule has 0 aromatic heterocycles. The van der Waals surface area contributed by atoms with Crippen LogP contribution in [0, 0.1) is 11.6 Å². The number of hydrogen-bond acceptors (Lipinski definition) is 2. The Morgan fingerprint density at radius 3 is 2.67 bits per heavy atom. The summed E-state index contributed by atoms with van der Waals surface area (Å²) >= 11 is 0. The van der Waals surface area contributed by atoms with Gasteiger partial charge in [0.2, 0.25) is 5.91 Å². The van der Waals surface area contributed by atoms with Crippen LogP contribution in [0.15, 0.2) is 42.5 Å². The molecule has 5 heteroatoms. The van der Waals surface area contributed by atoms with Crippen molar-refractivity contribution in [3.63, 3.8) is 0 Å². The van der Waals surface area contributed by atoms with Crippen LogP contribution in [-0.4, -0.2) is 11.9 Å². The molecule has 0 saturated carbocycles. The molecule has 0 saturated heterocycles. The molecular formula is C16H14F2N2O. The Morgan fingerprint density at radius 2 is 1.86 bits per heavy atom. The number of fused-ring (bicyclic) bond motifs is 1. The van der Waals surface area contributed by atoms with Gasteiger partial charge in [-0.3, -0.25) is 4.79 Å². The lowest BCUT2D eigenvalue weighted by molar-refractivity contribution is -0.118. The normalized spacial score (nSPS) is 17.1. The highest BCUT2D eigenvalue weighted by atomic mass is 19.2. The van der Waals surface area contributed by atoms with Crippen LogP contribution < -0.4 is 10.6 Å². The fourth-order valence-corrected chi connectivity index (χ4v) is 2.46. The smallest absolute Gasteiger partial charge is 0.241 e. The molecule has 1 atom stereocenters. The number of halogens is 2. The third-order valence-corrected chi connectivity index (χ3v) is 3.61. The van der Waals surface area contributed by atoms with E-state index >= 15 is 0 Å². The number of rotatable bonds is 2. The van der Waals surface area contributed by atoms with Crippen molar-refractivity contribution >= 4 is 11.6 Å². The molecule has 1 aliphatic rings. The summed E-state index contributed by atoms with van der Waals surface area (Å²) in [6, 6.07) is 11.1. The van der Waals surface area contributed by atoms with Gasteiger partial charge in [-0.05, 0) is 29.7 Å². The van der Waals surface area contributed by atoms with Crippen LogP contribution in [0.1, 0.15) is 11.1 Å². The summed E-state index contributed by atoms with van der Waals surface area (Å²) in [7, 11) is 0. The van der Waals surface area contributed by atoms with Crippen molar-refractivity contribution in [1.29, 1.82) is 0 Å². The van der Waals surface area contributed by atoms with Crippen LogP contribution in [0.4, 0.5) is 14.5 Å². The van der Waals surface area contributed by atoms with Gasteiger partial charge in [-0.2, -0.15) is 0 Å². The van der Waals surface area contributed by atoms with Crippen molar-refractivity contribution in [2.24, 2.45) is 0 Å². The zero-order valence-electron chi connectivity index (χ0n) is 11.2. The molecule has 3 nitrogen and oxygen atoms in total. The number of hydrogen-bond donors (Lipinski definition) is 2. The first-order valence-corrected chi connectivity index (χ1v) is 6.70. The van der Waals surface area contributed by atoms with Gasteiger partial charge in [0, 0.05) is 6.54 Å². The maximum absolute atomic E-state index is 13.6. The summed E-state index contributed by atoms with van der Waals surface area (Å²) in [6.07, 6.45) is 0.527. The molecule has 0 spiro atoms. The van der Waals surface area contributed by atoms with E-state index in [2.05, 4.69) is 10.6 Å². The van der Waals surface area contributed by atoms with Crippen molar-refractivity contribution in [2.45, 2.75) is 19.0 Å². The monoisotopic (exact) mass is 288 g/mol. The topological polar surface area (TPSA) is 41.1 Å². The highest BCUT2D eigenvalue weighted by Crippen LogP contribution is 2.19. The molecule has 0 radical (unpaired) electrons. The lowest BCUT2D eigenvalue weighted by atomic mass is 9.95. The molecule has 1 aliphatic heterocycles. The predicted molar refractivity (Wildman–Crippen MR) is 75.8 cm³/mol. The molecule has 2 aromatic rings. The average molecular weight is 288 g/mol. The van der Waals surface area contributed by atoms with Crippen molar-refractivity contribution in [2.75, 3.05) is 5.32 Å². The van der Waals surface area contributed by atoms with E-state index in [1.807, 2.05) is 24.3 Å². The van der Waals surface area contributed by atoms with Crippen LogP contribution >= 0.6 is 0 Å². The number of nitrogens with one attached hydrogen (secondary N) is 2. The summed E-state index contributed by atoms with van der Waals surface area (Å²) in [5, 5.41) is 5.54. The molecule has 0 bridgehead atoms. The molecular weight excluding hydrogens is 274 g/mol. The number of benzene rings is 2. The first-order valence-electron chi connectivity index (χ1n) is 6.70. The summed E-state index contributed by atoms with van der Waals surface area (Å²) in [4.78, 5) is 12.2. The Balaban J connectivity index is 1.74. The van der Waals surface area contributed by atoms with Crippen LogP contribution in [0.5, 0.6) is 0 Å². The van der Waals surface area contributed by atoms with Gasteiger partial charge < -0.3 is 10.6 Å². The quantitative estimate of drug-likeness (QED) is 0.892. The third-order valence-electron chi connectivity index (χ3n) is 3.61. The largest absolute Gasteiger partial charge is 0.322 e. The highest BCUT2D eigenvalue weighted by molar-refractivity contribution is 5.95. The third kappa shape index (κ3) is 2.78. The number of anilines is 1. The molecule has 108 valence electrons. The van der Waals surface area contributed by atoms with E-state index in [1.54, 1.807) is 0 Å². The first kappa shape index (κ1) is 13.7. The zero-order valence-corrected chi connectivity index (χ0v) is 11.2. The van der Waals surface area contributed by atoms with E-state index < -0.39 is 17.7 Å². The van der Waals surface area contributed by atoms with Crippen molar-refractivity contribution in [1.82, 2.24) is 5.32 Å². The summed E-state index contributed by atoms with van der Waals surface area (Å²) < 4.78 is 26.7. The van der Waals surface area contributed by atoms with Crippen LogP contribution in [0.25, 0.3) is 0 Å². The van der Waals surface area contributed by atoms with Crippen LogP contribution in [0.3, 0.4) is 0 Å². The molecule has 0 aliphatic carbocycles. The van der Waals surface area contributed by atoms with E-state index in [4.69, 9.17) is 0 Å². The van der Waals surface area contributed by atoms with Crippen LogP contribution in [0.2, 0.25) is 0 Å². The molecule has 1 heterocycles. The fraction of sp³-hybridized carbons (Fsp3) is 0.188. The second kappa shape index (κ2) is 5.61. The second-order valence-corrected chi connectivity index (χ2v) is 5.00. The second-order valence-electron chi connectivity index (χ2n) is 5.00. The molecule has 0 fully saturated rings. The SMILES string of the molecule is O=C(Nc1cccc(F)c1F)C1Cc2ccccc2CN1. The van der Waals surface area contributed by atoms with Gasteiger partial charge in [0.25, 0.3) is 0 Å². The van der Waals surface area contributed by atoms with Crippen molar-refractivity contribution < 1.29 is 13.6 Å². The zero-order chi connectivity index (χ0) is 14.8. The van der Waals surface area contributed by atoms with Gasteiger partial charge in [0.1, 0.15) is 0 Å². The minimum absolute atomic E-state index is 0.138. The number of carbonyl (C=O) groups is 1. The number of amides is 1. The maximum Gasteiger partial charge on any atom is 0.241 e. The Labute approximate surface area is 121 Å². The first-order chi connectivity index (χ1) is 10.1. The Bertz CT molecular complexity index is 688. The van der Waals surface area contributed by atoms with E-state index in [0.717, 1.165) is 17.2 Å². The van der Waals surface area contributed by atoms with E-state index in [0.29, 0.717) is 13.0 Å². The molecule has 3 rings (SSSR count). The maximum atomic E-state index is 13.6. The predicted octanol–water partition coefficient (Wildman–Crippen LogP) is 2.62. The highest BCUT2D eigenvalue weighted by Gasteiger charge is 2.24. The Morgan fingerprint density at radius 1 is 1.10 bits per heavy atom. The van der Waals surface area contributed by atoms with Crippen LogP contribution in [-0.2, 0) is 17.8 Å². The van der Waals surface area contributed by atoms with Gasteiger partial charge in [-0.15, -0.1) is 0 Å². The molecule has 1 amide bonds. The van der Waals surface area contributed by atoms with E-state index in [9.17, 15) is 13.6 Å². The van der Waals surface area contributed by atoms with Gasteiger partial charge in [0.05, 0.1) is 11.7 Å². The number of carbonyl (C=O) groups excluding carboxylic acids is 1. The molecule has 2 N–H and O–H groups in total. The van der Waals surface area contributed by atoms with Crippen molar-refractivity contribution in [3.05, 3.63) is 65.2 Å². The summed E-state index contributed by atoms with van der Waals surface area (Å²) in [5.74, 6) is -2.38. The average Bonchev–Trinajstić information content (AvgIpc) is 2.51. The van der Waals surface area contributed by atoms with E-state index in [1.165, 1.54) is 12.1 Å². The minimum Gasteiger partial charge on any atom is -0.322 e. The standard InChI is InChI=1S/C16H14F2N2O/c17-12-6-3-7-13(15(12)18)20-16(21)14-8-10-4-1-2-5-11(10)9-19-14/h1-7,14,19H,8-9H2,(H,20,21). The molecule has 2 aromatic carbocycles. The molecule has 1 unspecified atom stereocenters. The summed E-state index contributed by atoms with van der Waals surface area (Å²) in [5.41, 5.74) is 2.11. The van der Waals surface area contributed by atoms with Gasteiger partial charge >= 0.3 is 0 Å². The minimum atomic E-state index is -1.04. The van der Waals surface area contributed by atoms with E-state index in [-0.39, 0.29) is 11.6 Å². The van der Waals surface area contributed by atoms with Gasteiger partial charge in [-0.1, -0.05) is 30.3 Å². The lowest BCUT2D eigenvalue weighted by Gasteiger charge is -2.25. The Hall–Kier alpha value is -2.27. The molecule has 21 heavy (non-hydrogen) atoms. The lowest BCUT2D eigenvalue weighted by Crippen LogP contribution is -2.44. The summed E-state index contributed by atoms with van der Waals surface area (Å²) in [6.45, 7) is 0.583. The van der Waals surface area contributed by atoms with Gasteiger partial charge in [-0.25, -0.2) is 8.78 Å². The Kier molecular flexibility index (Phi) is 3.66.